The fourth-order valence-electron chi connectivity index (χ4n) is 2.14. The summed E-state index contributed by atoms with van der Waals surface area (Å²) in [6.45, 7) is 0. The van der Waals surface area contributed by atoms with Crippen molar-refractivity contribution in [1.29, 1.82) is 0 Å². The van der Waals surface area contributed by atoms with Gasteiger partial charge in [-0.3, -0.25) is 4.79 Å². The van der Waals surface area contributed by atoms with Crippen molar-refractivity contribution in [2.75, 3.05) is 10.6 Å². The molecule has 0 atom stereocenters. The number of nitrogens with zero attached hydrogens (tertiary/aromatic N) is 1. The van der Waals surface area contributed by atoms with Gasteiger partial charge in [0, 0.05) is 11.8 Å². The molecule has 1 heterocycles. The molecule has 3 aromatic rings. The van der Waals surface area contributed by atoms with E-state index in [2.05, 4.69) is 15.6 Å². The Kier molecular flexibility index (Phi) is 4.90. The molecule has 2 N–H and O–H groups in total. The molecule has 0 aliphatic rings. The molecule has 0 fully saturated rings. The van der Waals surface area contributed by atoms with Crippen molar-refractivity contribution in [3.8, 4) is 0 Å². The van der Waals surface area contributed by atoms with Crippen LogP contribution in [0, 0.1) is 11.6 Å². The van der Waals surface area contributed by atoms with Crippen molar-refractivity contribution in [3.63, 3.8) is 0 Å². The van der Waals surface area contributed by atoms with E-state index in [4.69, 9.17) is 11.6 Å². The van der Waals surface area contributed by atoms with Crippen LogP contribution in [0.25, 0.3) is 0 Å². The summed E-state index contributed by atoms with van der Waals surface area (Å²) in [5.41, 5.74) is 0.383. The van der Waals surface area contributed by atoms with Crippen molar-refractivity contribution in [2.24, 2.45) is 0 Å². The number of halogens is 3. The zero-order chi connectivity index (χ0) is 17.8. The number of aromatic nitrogens is 1. The summed E-state index contributed by atoms with van der Waals surface area (Å²) >= 11 is 6.01. The van der Waals surface area contributed by atoms with E-state index in [-0.39, 0.29) is 17.1 Å². The zero-order valence-electron chi connectivity index (χ0n) is 12.8. The lowest BCUT2D eigenvalue weighted by Crippen LogP contribution is -2.12. The standard InChI is InChI=1S/C18H12ClF2N3O/c19-12-4-1-2-7-15(12)23-18(25)11-8-9-22-16(10-11)24-17-13(20)5-3-6-14(17)21/h1-10H,(H,22,24)(H,23,25). The molecule has 4 nitrogen and oxygen atoms in total. The van der Waals surface area contributed by atoms with Gasteiger partial charge in [0.05, 0.1) is 10.7 Å². The minimum Gasteiger partial charge on any atom is -0.335 e. The van der Waals surface area contributed by atoms with Gasteiger partial charge < -0.3 is 10.6 Å². The molecule has 0 saturated carbocycles. The van der Waals surface area contributed by atoms with Crippen molar-refractivity contribution in [3.05, 3.63) is 83.0 Å². The second kappa shape index (κ2) is 7.27. The number of para-hydroxylation sites is 2. The van der Waals surface area contributed by atoms with Gasteiger partial charge in [0.1, 0.15) is 23.1 Å². The Bertz CT molecular complexity index is 913. The van der Waals surface area contributed by atoms with E-state index in [1.54, 1.807) is 24.3 Å². The van der Waals surface area contributed by atoms with Crippen LogP contribution >= 0.6 is 11.6 Å². The van der Waals surface area contributed by atoms with Crippen LogP contribution in [0.1, 0.15) is 10.4 Å². The summed E-state index contributed by atoms with van der Waals surface area (Å²) in [6, 6.07) is 13.2. The highest BCUT2D eigenvalue weighted by molar-refractivity contribution is 6.33. The van der Waals surface area contributed by atoms with Crippen molar-refractivity contribution < 1.29 is 13.6 Å². The topological polar surface area (TPSA) is 54.0 Å². The number of anilines is 3. The number of nitrogens with one attached hydrogen (secondary N) is 2. The van der Waals surface area contributed by atoms with Crippen molar-refractivity contribution in [2.45, 2.75) is 0 Å². The molecule has 0 bridgehead atoms. The third kappa shape index (κ3) is 3.92. The maximum absolute atomic E-state index is 13.7. The van der Waals surface area contributed by atoms with Gasteiger partial charge >= 0.3 is 0 Å². The zero-order valence-corrected chi connectivity index (χ0v) is 13.5. The van der Waals surface area contributed by atoms with Gasteiger partial charge in [-0.15, -0.1) is 0 Å². The van der Waals surface area contributed by atoms with Gasteiger partial charge in [-0.2, -0.15) is 0 Å². The predicted molar refractivity (Wildman–Crippen MR) is 93.3 cm³/mol. The lowest BCUT2D eigenvalue weighted by molar-refractivity contribution is 0.102. The number of hydrogen-bond acceptors (Lipinski definition) is 3. The number of amides is 1. The molecular weight excluding hydrogens is 348 g/mol. The molecule has 2 aromatic carbocycles. The van der Waals surface area contributed by atoms with Crippen LogP contribution in [0.3, 0.4) is 0 Å². The molecule has 0 radical (unpaired) electrons. The normalized spacial score (nSPS) is 10.4. The molecule has 126 valence electrons. The Morgan fingerprint density at radius 2 is 1.72 bits per heavy atom. The Morgan fingerprint density at radius 3 is 2.44 bits per heavy atom. The predicted octanol–water partition coefficient (Wildman–Crippen LogP) is 5.01. The largest absolute Gasteiger partial charge is 0.335 e. The molecule has 0 saturated heterocycles. The van der Waals surface area contributed by atoms with Gasteiger partial charge in [0.25, 0.3) is 5.91 Å². The first kappa shape index (κ1) is 16.9. The molecule has 0 aliphatic heterocycles. The van der Waals surface area contributed by atoms with Crippen LogP contribution in [0.4, 0.5) is 26.0 Å². The quantitative estimate of drug-likeness (QED) is 0.688. The number of carbonyl (C=O) groups excluding carboxylic acids is 1. The van der Waals surface area contributed by atoms with E-state index in [9.17, 15) is 13.6 Å². The number of hydrogen-bond donors (Lipinski definition) is 2. The minimum absolute atomic E-state index is 0.135. The molecule has 7 heteroatoms. The molecule has 0 unspecified atom stereocenters. The van der Waals surface area contributed by atoms with Gasteiger partial charge in [-0.05, 0) is 36.4 Å². The van der Waals surface area contributed by atoms with E-state index in [1.165, 1.54) is 24.4 Å². The molecule has 1 aromatic heterocycles. The number of rotatable bonds is 4. The maximum atomic E-state index is 13.7. The first-order valence-electron chi connectivity index (χ1n) is 7.27. The average molecular weight is 360 g/mol. The van der Waals surface area contributed by atoms with E-state index < -0.39 is 17.5 Å². The van der Waals surface area contributed by atoms with Crippen LogP contribution in [0.5, 0.6) is 0 Å². The Labute approximate surface area is 147 Å². The van der Waals surface area contributed by atoms with E-state index in [0.29, 0.717) is 10.7 Å². The first-order valence-corrected chi connectivity index (χ1v) is 7.65. The van der Waals surface area contributed by atoms with Gasteiger partial charge in [0.15, 0.2) is 0 Å². The molecule has 25 heavy (non-hydrogen) atoms. The third-order valence-electron chi connectivity index (χ3n) is 3.36. The summed E-state index contributed by atoms with van der Waals surface area (Å²) in [5.74, 6) is -1.80. The fourth-order valence-corrected chi connectivity index (χ4v) is 2.33. The molecular formula is C18H12ClF2N3O. The SMILES string of the molecule is O=C(Nc1ccccc1Cl)c1ccnc(Nc2c(F)cccc2F)c1. The second-order valence-corrected chi connectivity index (χ2v) is 5.49. The number of carbonyl (C=O) groups is 1. The van der Waals surface area contributed by atoms with Crippen LogP contribution in [-0.4, -0.2) is 10.9 Å². The Morgan fingerprint density at radius 1 is 1.00 bits per heavy atom. The molecule has 3 rings (SSSR count). The lowest BCUT2D eigenvalue weighted by Gasteiger charge is -2.10. The summed E-state index contributed by atoms with van der Waals surface area (Å²) in [4.78, 5) is 16.3. The summed E-state index contributed by atoms with van der Waals surface area (Å²) < 4.78 is 27.4. The van der Waals surface area contributed by atoms with E-state index in [0.717, 1.165) is 12.1 Å². The van der Waals surface area contributed by atoms with Crippen molar-refractivity contribution >= 4 is 34.7 Å². The second-order valence-electron chi connectivity index (χ2n) is 5.09. The van der Waals surface area contributed by atoms with E-state index >= 15 is 0 Å². The summed E-state index contributed by atoms with van der Waals surface area (Å²) in [5, 5.41) is 5.61. The highest BCUT2D eigenvalue weighted by Gasteiger charge is 2.12. The Balaban J connectivity index is 1.82. The van der Waals surface area contributed by atoms with Gasteiger partial charge in [-0.1, -0.05) is 29.8 Å². The summed E-state index contributed by atoms with van der Waals surface area (Å²) in [7, 11) is 0. The number of benzene rings is 2. The van der Waals surface area contributed by atoms with Gasteiger partial charge in [0.2, 0.25) is 0 Å². The fraction of sp³-hybridized carbons (Fsp3) is 0. The maximum Gasteiger partial charge on any atom is 0.255 e. The lowest BCUT2D eigenvalue weighted by atomic mass is 10.2. The van der Waals surface area contributed by atoms with Crippen LogP contribution in [0.2, 0.25) is 5.02 Å². The third-order valence-corrected chi connectivity index (χ3v) is 3.69. The Hall–Kier alpha value is -2.99. The molecule has 0 spiro atoms. The smallest absolute Gasteiger partial charge is 0.255 e. The van der Waals surface area contributed by atoms with Crippen molar-refractivity contribution in [1.82, 2.24) is 4.98 Å². The first-order chi connectivity index (χ1) is 12.0. The summed E-state index contributed by atoms with van der Waals surface area (Å²) in [6.07, 6.45) is 1.36. The van der Waals surface area contributed by atoms with Crippen LogP contribution < -0.4 is 10.6 Å². The average Bonchev–Trinajstić information content (AvgIpc) is 2.60. The monoisotopic (exact) mass is 359 g/mol. The van der Waals surface area contributed by atoms with Crippen LogP contribution in [0.15, 0.2) is 60.8 Å². The highest BCUT2D eigenvalue weighted by atomic mass is 35.5. The van der Waals surface area contributed by atoms with Crippen LogP contribution in [-0.2, 0) is 0 Å². The minimum atomic E-state index is -0.757. The molecule has 1 amide bonds. The van der Waals surface area contributed by atoms with E-state index in [1.807, 2.05) is 0 Å². The number of pyridine rings is 1. The van der Waals surface area contributed by atoms with Gasteiger partial charge in [-0.25, -0.2) is 13.8 Å². The molecule has 0 aliphatic carbocycles. The highest BCUT2D eigenvalue weighted by Crippen LogP contribution is 2.24.